The minimum Gasteiger partial charge on any atom is -0.461 e. The van der Waals surface area contributed by atoms with E-state index in [9.17, 15) is 9.18 Å². The van der Waals surface area contributed by atoms with Gasteiger partial charge in [-0.3, -0.25) is 4.98 Å². The highest BCUT2D eigenvalue weighted by Crippen LogP contribution is 2.25. The summed E-state index contributed by atoms with van der Waals surface area (Å²) in [6.45, 7) is 1.50. The van der Waals surface area contributed by atoms with Gasteiger partial charge < -0.3 is 4.74 Å². The molecule has 0 saturated heterocycles. The molecular formula is C16H16ClFN2O2S. The largest absolute Gasteiger partial charge is 0.461 e. The molecule has 0 radical (unpaired) electrons. The van der Waals surface area contributed by atoms with E-state index in [1.54, 1.807) is 25.1 Å². The minimum atomic E-state index is -0.522. The van der Waals surface area contributed by atoms with Gasteiger partial charge in [0.15, 0.2) is 5.69 Å². The van der Waals surface area contributed by atoms with Crippen LogP contribution in [0.25, 0.3) is 0 Å². The van der Waals surface area contributed by atoms with Crippen LogP contribution >= 0.6 is 23.4 Å². The number of aromatic nitrogens is 2. The zero-order valence-electron chi connectivity index (χ0n) is 12.6. The van der Waals surface area contributed by atoms with E-state index in [1.807, 2.05) is 0 Å². The van der Waals surface area contributed by atoms with Gasteiger partial charge in [0.1, 0.15) is 6.67 Å². The van der Waals surface area contributed by atoms with Gasteiger partial charge >= 0.3 is 5.97 Å². The summed E-state index contributed by atoms with van der Waals surface area (Å²) >= 11 is 7.65. The number of carbonyl (C=O) groups is 1. The molecule has 23 heavy (non-hydrogen) atoms. The number of ether oxygens (including phenoxy) is 1. The summed E-state index contributed by atoms with van der Waals surface area (Å²) in [5.74, 6) is 0.595. The summed E-state index contributed by atoms with van der Waals surface area (Å²) in [4.78, 5) is 20.1. The molecule has 1 aromatic carbocycles. The summed E-state index contributed by atoms with van der Waals surface area (Å²) in [6.07, 6.45) is 3.00. The second-order valence-corrected chi connectivity index (χ2v) is 6.02. The fourth-order valence-electron chi connectivity index (χ4n) is 1.92. The van der Waals surface area contributed by atoms with Gasteiger partial charge in [0, 0.05) is 28.9 Å². The Morgan fingerprint density at radius 1 is 1.30 bits per heavy atom. The molecule has 4 nitrogen and oxygen atoms in total. The predicted molar refractivity (Wildman–Crippen MR) is 89.3 cm³/mol. The first-order valence-corrected chi connectivity index (χ1v) is 8.57. The molecule has 0 bridgehead atoms. The van der Waals surface area contributed by atoms with Crippen molar-refractivity contribution in [3.63, 3.8) is 0 Å². The van der Waals surface area contributed by atoms with E-state index in [0.29, 0.717) is 27.8 Å². The van der Waals surface area contributed by atoms with Gasteiger partial charge in [-0.25, -0.2) is 14.2 Å². The maximum atomic E-state index is 12.7. The van der Waals surface area contributed by atoms with Crippen molar-refractivity contribution in [1.29, 1.82) is 0 Å². The molecule has 2 rings (SSSR count). The lowest BCUT2D eigenvalue weighted by atomic mass is 10.1. The Morgan fingerprint density at radius 3 is 2.83 bits per heavy atom. The van der Waals surface area contributed by atoms with Crippen molar-refractivity contribution in [2.24, 2.45) is 0 Å². The highest BCUT2D eigenvalue weighted by Gasteiger charge is 2.15. The average molecular weight is 355 g/mol. The lowest BCUT2D eigenvalue weighted by molar-refractivity contribution is 0.0517. The van der Waals surface area contributed by atoms with Crippen LogP contribution in [0, 0.1) is 0 Å². The third-order valence-electron chi connectivity index (χ3n) is 3.00. The van der Waals surface area contributed by atoms with Crippen LogP contribution < -0.4 is 0 Å². The molecular weight excluding hydrogens is 339 g/mol. The lowest BCUT2D eigenvalue weighted by Crippen LogP contribution is -2.11. The molecule has 0 amide bonds. The molecule has 0 N–H and O–H groups in total. The van der Waals surface area contributed by atoms with Crippen LogP contribution in [0.15, 0.2) is 30.6 Å². The fourth-order valence-corrected chi connectivity index (χ4v) is 3.15. The number of carbonyl (C=O) groups excluding carboxylic acids is 1. The number of halogens is 2. The SMILES string of the molecule is CCOC(=O)c1nccnc1CSCc1cc(CF)ccc1Cl. The Bertz CT molecular complexity index is 685. The van der Waals surface area contributed by atoms with Crippen molar-refractivity contribution in [3.05, 3.63) is 58.1 Å². The van der Waals surface area contributed by atoms with E-state index in [0.717, 1.165) is 5.56 Å². The standard InChI is InChI=1S/C16H16ClFN2O2S/c1-2-22-16(21)15-14(19-5-6-20-15)10-23-9-12-7-11(8-18)3-4-13(12)17/h3-7H,2,8-10H2,1H3. The number of hydrogen-bond donors (Lipinski definition) is 0. The first kappa shape index (κ1) is 17.7. The van der Waals surface area contributed by atoms with Crippen LogP contribution in [-0.4, -0.2) is 22.5 Å². The molecule has 0 aliphatic carbocycles. The van der Waals surface area contributed by atoms with Crippen LogP contribution in [0.3, 0.4) is 0 Å². The van der Waals surface area contributed by atoms with Crippen molar-refractivity contribution >= 4 is 29.3 Å². The zero-order valence-corrected chi connectivity index (χ0v) is 14.2. The molecule has 0 aliphatic heterocycles. The van der Waals surface area contributed by atoms with Gasteiger partial charge in [-0.15, -0.1) is 0 Å². The Hall–Kier alpha value is -1.66. The fraction of sp³-hybridized carbons (Fsp3) is 0.312. The molecule has 7 heteroatoms. The summed E-state index contributed by atoms with van der Waals surface area (Å²) in [6, 6.07) is 5.11. The quantitative estimate of drug-likeness (QED) is 0.697. The van der Waals surface area contributed by atoms with E-state index < -0.39 is 12.6 Å². The minimum absolute atomic E-state index is 0.227. The van der Waals surface area contributed by atoms with Gasteiger partial charge in [-0.2, -0.15) is 11.8 Å². The van der Waals surface area contributed by atoms with Crippen molar-refractivity contribution in [3.8, 4) is 0 Å². The number of rotatable bonds is 7. The third kappa shape index (κ3) is 4.91. The number of thioether (sulfide) groups is 1. The topological polar surface area (TPSA) is 52.1 Å². The Morgan fingerprint density at radius 2 is 2.09 bits per heavy atom. The molecule has 0 aliphatic rings. The molecule has 0 unspecified atom stereocenters. The lowest BCUT2D eigenvalue weighted by Gasteiger charge is -2.08. The number of nitrogens with zero attached hydrogens (tertiary/aromatic N) is 2. The highest BCUT2D eigenvalue weighted by molar-refractivity contribution is 7.97. The second kappa shape index (κ2) is 8.84. The van der Waals surface area contributed by atoms with Crippen molar-refractivity contribution in [1.82, 2.24) is 9.97 Å². The molecule has 2 aromatic rings. The molecule has 1 aromatic heterocycles. The van der Waals surface area contributed by atoms with E-state index in [4.69, 9.17) is 16.3 Å². The van der Waals surface area contributed by atoms with Gasteiger partial charge in [0.05, 0.1) is 12.3 Å². The van der Waals surface area contributed by atoms with E-state index in [-0.39, 0.29) is 12.3 Å². The maximum Gasteiger partial charge on any atom is 0.358 e. The average Bonchev–Trinajstić information content (AvgIpc) is 2.57. The third-order valence-corrected chi connectivity index (χ3v) is 4.36. The normalized spacial score (nSPS) is 10.6. The van der Waals surface area contributed by atoms with Gasteiger partial charge in [-0.1, -0.05) is 23.7 Å². The van der Waals surface area contributed by atoms with E-state index in [2.05, 4.69) is 9.97 Å². The van der Waals surface area contributed by atoms with Gasteiger partial charge in [0.2, 0.25) is 0 Å². The number of benzene rings is 1. The molecule has 122 valence electrons. The van der Waals surface area contributed by atoms with Crippen molar-refractivity contribution in [2.75, 3.05) is 6.61 Å². The smallest absolute Gasteiger partial charge is 0.358 e. The van der Waals surface area contributed by atoms with Crippen LogP contribution in [0.5, 0.6) is 0 Å². The Balaban J connectivity index is 2.03. The Kier molecular flexibility index (Phi) is 6.80. The monoisotopic (exact) mass is 354 g/mol. The molecule has 0 saturated carbocycles. The Labute approximate surface area is 143 Å². The van der Waals surface area contributed by atoms with Crippen molar-refractivity contribution in [2.45, 2.75) is 25.1 Å². The van der Waals surface area contributed by atoms with Crippen molar-refractivity contribution < 1.29 is 13.9 Å². The molecule has 1 heterocycles. The van der Waals surface area contributed by atoms with E-state index in [1.165, 1.54) is 24.2 Å². The van der Waals surface area contributed by atoms with Crippen LogP contribution in [0.4, 0.5) is 4.39 Å². The van der Waals surface area contributed by atoms with Crippen LogP contribution in [0.1, 0.15) is 34.2 Å². The summed E-state index contributed by atoms with van der Waals surface area (Å²) in [5, 5.41) is 0.597. The number of esters is 1. The van der Waals surface area contributed by atoms with Crippen LogP contribution in [-0.2, 0) is 22.9 Å². The van der Waals surface area contributed by atoms with E-state index >= 15 is 0 Å². The summed E-state index contributed by atoms with van der Waals surface area (Å²) in [7, 11) is 0. The molecule has 0 fully saturated rings. The van der Waals surface area contributed by atoms with Gasteiger partial charge in [-0.05, 0) is 24.1 Å². The molecule has 0 atom stereocenters. The number of hydrogen-bond acceptors (Lipinski definition) is 5. The zero-order chi connectivity index (χ0) is 16.7. The first-order chi connectivity index (χ1) is 11.2. The highest BCUT2D eigenvalue weighted by atomic mass is 35.5. The van der Waals surface area contributed by atoms with Gasteiger partial charge in [0.25, 0.3) is 0 Å². The molecule has 0 spiro atoms. The second-order valence-electron chi connectivity index (χ2n) is 4.62. The predicted octanol–water partition coefficient (Wildman–Crippen LogP) is 4.21. The summed E-state index contributed by atoms with van der Waals surface area (Å²) < 4.78 is 17.7. The first-order valence-electron chi connectivity index (χ1n) is 7.03. The maximum absolute atomic E-state index is 12.7. The van der Waals surface area contributed by atoms with Crippen LogP contribution in [0.2, 0.25) is 5.02 Å². The summed E-state index contributed by atoms with van der Waals surface area (Å²) in [5.41, 5.74) is 2.24. The number of alkyl halides is 1.